The molecule has 0 spiro atoms. The summed E-state index contributed by atoms with van der Waals surface area (Å²) in [5, 5.41) is 11.4. The van der Waals surface area contributed by atoms with Crippen LogP contribution in [-0.2, 0) is 0 Å². The van der Waals surface area contributed by atoms with Crippen molar-refractivity contribution in [1.82, 2.24) is 0 Å². The second-order valence-electron chi connectivity index (χ2n) is 4.67. The van der Waals surface area contributed by atoms with Crippen molar-refractivity contribution < 1.29 is 0 Å². The Hall–Kier alpha value is -2.59. The van der Waals surface area contributed by atoms with Crippen LogP contribution in [0, 0.1) is 18.3 Å². The van der Waals surface area contributed by atoms with E-state index in [0.29, 0.717) is 5.56 Å². The molecule has 0 bridgehead atoms. The van der Waals surface area contributed by atoms with Crippen LogP contribution < -0.4 is 0 Å². The third kappa shape index (κ3) is 1.98. The van der Waals surface area contributed by atoms with Gasteiger partial charge >= 0.3 is 0 Å². The van der Waals surface area contributed by atoms with E-state index in [2.05, 4.69) is 55.5 Å². The molecule has 0 unspecified atom stereocenters. The van der Waals surface area contributed by atoms with Crippen LogP contribution >= 0.6 is 0 Å². The van der Waals surface area contributed by atoms with Gasteiger partial charge in [0.05, 0.1) is 11.6 Å². The normalized spacial score (nSPS) is 10.3. The van der Waals surface area contributed by atoms with Crippen LogP contribution in [0.15, 0.2) is 60.7 Å². The van der Waals surface area contributed by atoms with Crippen LogP contribution in [0.3, 0.4) is 0 Å². The molecule has 1 nitrogen and oxygen atoms in total. The summed E-state index contributed by atoms with van der Waals surface area (Å²) in [7, 11) is 0. The van der Waals surface area contributed by atoms with Gasteiger partial charge in [-0.3, -0.25) is 0 Å². The molecule has 3 aromatic rings. The van der Waals surface area contributed by atoms with Gasteiger partial charge in [-0.15, -0.1) is 0 Å². The first-order valence-electron chi connectivity index (χ1n) is 6.28. The van der Waals surface area contributed by atoms with Crippen LogP contribution in [0.1, 0.15) is 11.1 Å². The number of nitrogens with zero attached hydrogens (tertiary/aromatic N) is 1. The van der Waals surface area contributed by atoms with Gasteiger partial charge < -0.3 is 0 Å². The van der Waals surface area contributed by atoms with E-state index in [-0.39, 0.29) is 0 Å². The highest BCUT2D eigenvalue weighted by Crippen LogP contribution is 2.31. The van der Waals surface area contributed by atoms with E-state index in [4.69, 9.17) is 5.26 Å². The molecule has 0 fully saturated rings. The Morgan fingerprint density at radius 1 is 0.842 bits per heavy atom. The maximum atomic E-state index is 8.95. The highest BCUT2D eigenvalue weighted by atomic mass is 14.2. The van der Waals surface area contributed by atoms with Crippen molar-refractivity contribution in [2.24, 2.45) is 0 Å². The summed E-state index contributed by atoms with van der Waals surface area (Å²) in [5.74, 6) is 0. The summed E-state index contributed by atoms with van der Waals surface area (Å²) < 4.78 is 0. The fourth-order valence-electron chi connectivity index (χ4n) is 2.50. The lowest BCUT2D eigenvalue weighted by Gasteiger charge is -2.10. The molecular formula is C18H13N. The van der Waals surface area contributed by atoms with Gasteiger partial charge in [0, 0.05) is 0 Å². The predicted octanol–water partition coefficient (Wildman–Crippen LogP) is 4.69. The SMILES string of the molecule is Cc1cc(C#N)ccc1-c1cccc2ccccc12. The second kappa shape index (κ2) is 4.59. The first-order chi connectivity index (χ1) is 9.29. The lowest BCUT2D eigenvalue weighted by atomic mass is 9.94. The zero-order valence-electron chi connectivity index (χ0n) is 10.7. The molecule has 0 N–H and O–H groups in total. The van der Waals surface area contributed by atoms with Gasteiger partial charge in [0.1, 0.15) is 0 Å². The number of fused-ring (bicyclic) bond motifs is 1. The van der Waals surface area contributed by atoms with Crippen molar-refractivity contribution >= 4 is 10.8 Å². The van der Waals surface area contributed by atoms with Crippen molar-refractivity contribution in [2.45, 2.75) is 6.92 Å². The first kappa shape index (κ1) is 11.5. The van der Waals surface area contributed by atoms with E-state index in [0.717, 1.165) is 5.56 Å². The number of hydrogen-bond acceptors (Lipinski definition) is 1. The molecule has 1 heteroatoms. The minimum absolute atomic E-state index is 0.710. The molecule has 3 aromatic carbocycles. The van der Waals surface area contributed by atoms with E-state index in [9.17, 15) is 0 Å². The van der Waals surface area contributed by atoms with E-state index < -0.39 is 0 Å². The number of rotatable bonds is 1. The van der Waals surface area contributed by atoms with Gasteiger partial charge in [-0.2, -0.15) is 5.26 Å². The smallest absolute Gasteiger partial charge is 0.0991 e. The van der Waals surface area contributed by atoms with Crippen molar-refractivity contribution in [3.8, 4) is 17.2 Å². The third-order valence-electron chi connectivity index (χ3n) is 3.44. The number of hydrogen-bond donors (Lipinski definition) is 0. The van der Waals surface area contributed by atoms with Gasteiger partial charge in [0.2, 0.25) is 0 Å². The Bertz CT molecular complexity index is 789. The van der Waals surface area contributed by atoms with Crippen molar-refractivity contribution in [3.05, 3.63) is 71.8 Å². The number of benzene rings is 3. The van der Waals surface area contributed by atoms with Crippen LogP contribution in [0.25, 0.3) is 21.9 Å². The molecule has 0 aliphatic rings. The molecule has 90 valence electrons. The third-order valence-corrected chi connectivity index (χ3v) is 3.44. The molecule has 0 saturated heterocycles. The molecular weight excluding hydrogens is 230 g/mol. The van der Waals surface area contributed by atoms with E-state index in [1.807, 2.05) is 18.2 Å². The minimum atomic E-state index is 0.710. The Morgan fingerprint density at radius 3 is 2.42 bits per heavy atom. The fourth-order valence-corrected chi connectivity index (χ4v) is 2.50. The van der Waals surface area contributed by atoms with Gasteiger partial charge in [-0.25, -0.2) is 0 Å². The maximum absolute atomic E-state index is 8.95. The van der Waals surface area contributed by atoms with Crippen LogP contribution in [0.4, 0.5) is 0 Å². The maximum Gasteiger partial charge on any atom is 0.0991 e. The van der Waals surface area contributed by atoms with Crippen LogP contribution in [0.2, 0.25) is 0 Å². The number of aryl methyl sites for hydroxylation is 1. The Morgan fingerprint density at radius 2 is 1.63 bits per heavy atom. The van der Waals surface area contributed by atoms with Crippen molar-refractivity contribution in [3.63, 3.8) is 0 Å². The van der Waals surface area contributed by atoms with Crippen LogP contribution in [-0.4, -0.2) is 0 Å². The zero-order valence-corrected chi connectivity index (χ0v) is 10.7. The molecule has 0 saturated carbocycles. The molecule has 0 heterocycles. The van der Waals surface area contributed by atoms with Crippen LogP contribution in [0.5, 0.6) is 0 Å². The van der Waals surface area contributed by atoms with Gasteiger partial charge in [-0.1, -0.05) is 48.5 Å². The Balaban J connectivity index is 2.28. The lowest BCUT2D eigenvalue weighted by Crippen LogP contribution is -1.86. The summed E-state index contributed by atoms with van der Waals surface area (Å²) in [5.41, 5.74) is 4.26. The van der Waals surface area contributed by atoms with Crippen molar-refractivity contribution in [1.29, 1.82) is 5.26 Å². The summed E-state index contributed by atoms with van der Waals surface area (Å²) >= 11 is 0. The topological polar surface area (TPSA) is 23.8 Å². The molecule has 0 radical (unpaired) electrons. The average molecular weight is 243 g/mol. The molecule has 0 aromatic heterocycles. The molecule has 0 aliphatic carbocycles. The highest BCUT2D eigenvalue weighted by molar-refractivity contribution is 5.97. The predicted molar refractivity (Wildman–Crippen MR) is 78.8 cm³/mol. The largest absolute Gasteiger partial charge is 0.192 e. The summed E-state index contributed by atoms with van der Waals surface area (Å²) in [6.45, 7) is 2.05. The molecule has 19 heavy (non-hydrogen) atoms. The van der Waals surface area contributed by atoms with Gasteiger partial charge in [0.15, 0.2) is 0 Å². The Kier molecular flexibility index (Phi) is 2.78. The minimum Gasteiger partial charge on any atom is -0.192 e. The Labute approximate surface area is 112 Å². The fraction of sp³-hybridized carbons (Fsp3) is 0.0556. The van der Waals surface area contributed by atoms with Gasteiger partial charge in [-0.05, 0) is 46.5 Å². The second-order valence-corrected chi connectivity index (χ2v) is 4.67. The summed E-state index contributed by atoms with van der Waals surface area (Å²) in [6.07, 6.45) is 0. The lowest BCUT2D eigenvalue weighted by molar-refractivity contribution is 1.42. The van der Waals surface area contributed by atoms with E-state index in [1.54, 1.807) is 0 Å². The average Bonchev–Trinajstić information content (AvgIpc) is 2.46. The summed E-state index contributed by atoms with van der Waals surface area (Å²) in [4.78, 5) is 0. The van der Waals surface area contributed by atoms with E-state index >= 15 is 0 Å². The highest BCUT2D eigenvalue weighted by Gasteiger charge is 2.06. The standard InChI is InChI=1S/C18H13N/c1-13-11-14(12-19)9-10-16(13)18-8-4-6-15-5-2-3-7-17(15)18/h2-11H,1H3. The molecule has 0 amide bonds. The summed E-state index contributed by atoms with van der Waals surface area (Å²) in [6, 6.07) is 22.8. The number of nitriles is 1. The van der Waals surface area contributed by atoms with Crippen molar-refractivity contribution in [2.75, 3.05) is 0 Å². The van der Waals surface area contributed by atoms with E-state index in [1.165, 1.54) is 21.9 Å². The quantitative estimate of drug-likeness (QED) is 0.608. The van der Waals surface area contributed by atoms with Gasteiger partial charge in [0.25, 0.3) is 0 Å². The zero-order chi connectivity index (χ0) is 13.2. The first-order valence-corrected chi connectivity index (χ1v) is 6.28. The molecule has 0 aliphatic heterocycles. The molecule has 0 atom stereocenters. The molecule has 3 rings (SSSR count). The monoisotopic (exact) mass is 243 g/mol.